The largest absolute Gasteiger partial charge is 0.292 e. The second-order valence-corrected chi connectivity index (χ2v) is 6.97. The minimum atomic E-state index is -0.263. The number of rotatable bonds is 4. The molecular formula is C16H12Cl2N2O2S. The lowest BCUT2D eigenvalue weighted by atomic mass is 10.1. The second-order valence-electron chi connectivity index (χ2n) is 5.01. The highest BCUT2D eigenvalue weighted by Gasteiger charge is 2.14. The van der Waals surface area contributed by atoms with Crippen molar-refractivity contribution in [1.29, 1.82) is 0 Å². The van der Waals surface area contributed by atoms with Crippen LogP contribution in [0.5, 0.6) is 0 Å². The van der Waals surface area contributed by atoms with Crippen LogP contribution in [-0.2, 0) is 13.0 Å². The number of aromatic nitrogens is 2. The summed E-state index contributed by atoms with van der Waals surface area (Å²) in [6, 6.07) is 6.50. The highest BCUT2D eigenvalue weighted by Crippen LogP contribution is 2.23. The van der Waals surface area contributed by atoms with Crippen molar-refractivity contribution in [2.24, 2.45) is 0 Å². The molecule has 0 aliphatic carbocycles. The van der Waals surface area contributed by atoms with Crippen LogP contribution in [0.2, 0.25) is 10.0 Å². The lowest BCUT2D eigenvalue weighted by Crippen LogP contribution is -2.24. The summed E-state index contributed by atoms with van der Waals surface area (Å²) in [5.74, 6) is -0.263. The summed E-state index contributed by atoms with van der Waals surface area (Å²) in [7, 11) is 0. The van der Waals surface area contributed by atoms with Crippen LogP contribution in [0.25, 0.3) is 10.2 Å². The predicted octanol–water partition coefficient (Wildman–Crippen LogP) is 4.21. The Kier molecular flexibility index (Phi) is 4.53. The fourth-order valence-corrected chi connectivity index (χ4v) is 3.69. The molecule has 0 bridgehead atoms. The third-order valence-electron chi connectivity index (χ3n) is 3.46. The number of carbonyl (C=O) groups is 1. The Bertz CT molecular complexity index is 962. The number of hydrogen-bond donors (Lipinski definition) is 0. The van der Waals surface area contributed by atoms with Gasteiger partial charge in [0, 0.05) is 15.5 Å². The van der Waals surface area contributed by atoms with E-state index in [4.69, 9.17) is 23.2 Å². The average molecular weight is 367 g/mol. The summed E-state index contributed by atoms with van der Waals surface area (Å²) in [6.45, 7) is 1.91. The molecule has 118 valence electrons. The molecule has 0 N–H and O–H groups in total. The van der Waals surface area contributed by atoms with Gasteiger partial charge >= 0.3 is 0 Å². The third kappa shape index (κ3) is 3.17. The van der Waals surface area contributed by atoms with E-state index in [1.165, 1.54) is 28.3 Å². The molecule has 0 spiro atoms. The first-order valence-corrected chi connectivity index (χ1v) is 8.53. The number of nitrogens with zero attached hydrogens (tertiary/aromatic N) is 2. The predicted molar refractivity (Wildman–Crippen MR) is 94.1 cm³/mol. The van der Waals surface area contributed by atoms with Crippen molar-refractivity contribution in [3.8, 4) is 0 Å². The summed E-state index contributed by atoms with van der Waals surface area (Å²) < 4.78 is 1.31. The maximum atomic E-state index is 12.5. The number of benzene rings is 1. The van der Waals surface area contributed by atoms with E-state index < -0.39 is 0 Å². The van der Waals surface area contributed by atoms with Crippen molar-refractivity contribution in [2.45, 2.75) is 19.9 Å². The molecule has 7 heteroatoms. The van der Waals surface area contributed by atoms with Gasteiger partial charge in [0.15, 0.2) is 5.78 Å². The molecule has 0 atom stereocenters. The maximum Gasteiger partial charge on any atom is 0.262 e. The number of aryl methyl sites for hydroxylation is 1. The molecule has 0 radical (unpaired) electrons. The van der Waals surface area contributed by atoms with E-state index in [9.17, 15) is 9.59 Å². The molecule has 0 saturated carbocycles. The number of halogens is 2. The fraction of sp³-hybridized carbons (Fsp3) is 0.188. The van der Waals surface area contributed by atoms with Gasteiger partial charge in [-0.3, -0.25) is 14.2 Å². The van der Waals surface area contributed by atoms with E-state index in [1.807, 2.05) is 13.0 Å². The first kappa shape index (κ1) is 16.2. The van der Waals surface area contributed by atoms with Crippen LogP contribution in [0.4, 0.5) is 0 Å². The zero-order chi connectivity index (χ0) is 16.6. The zero-order valence-electron chi connectivity index (χ0n) is 12.2. The van der Waals surface area contributed by atoms with Gasteiger partial charge in [0.1, 0.15) is 4.83 Å². The Labute approximate surface area is 146 Å². The van der Waals surface area contributed by atoms with E-state index in [2.05, 4.69) is 4.98 Å². The number of hydrogen-bond acceptors (Lipinski definition) is 4. The van der Waals surface area contributed by atoms with Crippen LogP contribution < -0.4 is 5.56 Å². The summed E-state index contributed by atoms with van der Waals surface area (Å²) >= 11 is 13.4. The monoisotopic (exact) mass is 366 g/mol. The molecule has 0 amide bonds. The lowest BCUT2D eigenvalue weighted by Gasteiger charge is -2.06. The molecule has 23 heavy (non-hydrogen) atoms. The molecule has 0 aliphatic heterocycles. The van der Waals surface area contributed by atoms with Gasteiger partial charge in [-0.05, 0) is 30.7 Å². The molecular weight excluding hydrogens is 355 g/mol. The molecule has 3 aromatic rings. The second kappa shape index (κ2) is 6.43. The van der Waals surface area contributed by atoms with E-state index in [0.29, 0.717) is 20.8 Å². The first-order valence-electron chi connectivity index (χ1n) is 6.95. The van der Waals surface area contributed by atoms with Crippen LogP contribution in [0.3, 0.4) is 0 Å². The molecule has 1 aromatic carbocycles. The van der Waals surface area contributed by atoms with Gasteiger partial charge in [-0.15, -0.1) is 11.3 Å². The maximum absolute atomic E-state index is 12.5. The minimum absolute atomic E-state index is 0.111. The van der Waals surface area contributed by atoms with Crippen molar-refractivity contribution in [2.75, 3.05) is 0 Å². The van der Waals surface area contributed by atoms with Crippen LogP contribution in [-0.4, -0.2) is 15.3 Å². The van der Waals surface area contributed by atoms with Crippen LogP contribution in [0.1, 0.15) is 22.2 Å². The number of ketones is 1. The highest BCUT2D eigenvalue weighted by atomic mass is 35.5. The van der Waals surface area contributed by atoms with Crippen molar-refractivity contribution >= 4 is 50.5 Å². The first-order chi connectivity index (χ1) is 11.0. The van der Waals surface area contributed by atoms with Crippen molar-refractivity contribution in [3.05, 3.63) is 61.4 Å². The Morgan fingerprint density at radius 3 is 2.78 bits per heavy atom. The minimum Gasteiger partial charge on any atom is -0.292 e. The van der Waals surface area contributed by atoms with Crippen molar-refractivity contribution in [3.63, 3.8) is 0 Å². The van der Waals surface area contributed by atoms with Gasteiger partial charge in [-0.2, -0.15) is 0 Å². The fourth-order valence-electron chi connectivity index (χ4n) is 2.25. The molecule has 2 aromatic heterocycles. The van der Waals surface area contributed by atoms with E-state index in [1.54, 1.807) is 12.1 Å². The van der Waals surface area contributed by atoms with Crippen molar-refractivity contribution < 1.29 is 4.79 Å². The standard InChI is InChI=1S/C16H12Cl2N2O2S/c1-2-10-6-12-15(23-10)19-8-20(16(12)22)7-14(21)11-4-3-9(17)5-13(11)18/h3-6,8H,2,7H2,1H3. The van der Waals surface area contributed by atoms with Gasteiger partial charge in [0.2, 0.25) is 0 Å². The average Bonchev–Trinajstić information content (AvgIpc) is 2.94. The van der Waals surface area contributed by atoms with Crippen LogP contribution in [0, 0.1) is 0 Å². The summed E-state index contributed by atoms with van der Waals surface area (Å²) in [6.07, 6.45) is 2.25. The smallest absolute Gasteiger partial charge is 0.262 e. The normalized spacial score (nSPS) is 11.1. The highest BCUT2D eigenvalue weighted by molar-refractivity contribution is 7.18. The number of carbonyl (C=O) groups excluding carboxylic acids is 1. The zero-order valence-corrected chi connectivity index (χ0v) is 14.5. The lowest BCUT2D eigenvalue weighted by molar-refractivity contribution is 0.0971. The molecule has 0 unspecified atom stereocenters. The molecule has 3 rings (SSSR count). The van der Waals surface area contributed by atoms with Gasteiger partial charge in [0.25, 0.3) is 5.56 Å². The summed E-state index contributed by atoms with van der Waals surface area (Å²) in [5.41, 5.74) is 0.118. The van der Waals surface area contributed by atoms with E-state index >= 15 is 0 Å². The third-order valence-corrected chi connectivity index (χ3v) is 5.20. The van der Waals surface area contributed by atoms with Crippen LogP contribution in [0.15, 0.2) is 35.4 Å². The Morgan fingerprint density at radius 2 is 2.09 bits per heavy atom. The van der Waals surface area contributed by atoms with Gasteiger partial charge in [0.05, 0.1) is 23.3 Å². The summed E-state index contributed by atoms with van der Waals surface area (Å²) in [4.78, 5) is 30.9. The number of thiophene rings is 1. The SMILES string of the molecule is CCc1cc2c(=O)n(CC(=O)c3ccc(Cl)cc3Cl)cnc2s1. The molecule has 2 heterocycles. The summed E-state index contributed by atoms with van der Waals surface area (Å²) in [5, 5.41) is 1.27. The van der Waals surface area contributed by atoms with E-state index in [-0.39, 0.29) is 22.9 Å². The quantitative estimate of drug-likeness (QED) is 0.649. The van der Waals surface area contributed by atoms with E-state index in [0.717, 1.165) is 11.3 Å². The van der Waals surface area contributed by atoms with Gasteiger partial charge < -0.3 is 0 Å². The molecule has 0 fully saturated rings. The Balaban J connectivity index is 1.96. The molecule has 0 saturated heterocycles. The molecule has 0 aliphatic rings. The topological polar surface area (TPSA) is 52.0 Å². The van der Waals surface area contributed by atoms with Gasteiger partial charge in [-0.25, -0.2) is 4.98 Å². The Hall–Kier alpha value is -1.69. The van der Waals surface area contributed by atoms with Crippen molar-refractivity contribution in [1.82, 2.24) is 9.55 Å². The van der Waals surface area contributed by atoms with Gasteiger partial charge in [-0.1, -0.05) is 30.1 Å². The Morgan fingerprint density at radius 1 is 1.30 bits per heavy atom. The number of fused-ring (bicyclic) bond motifs is 1. The molecule has 4 nitrogen and oxygen atoms in total. The van der Waals surface area contributed by atoms with Crippen LogP contribution >= 0.6 is 34.5 Å². The number of Topliss-reactive ketones (excluding diaryl/α,β-unsaturated/α-hetero) is 1.